The Labute approximate surface area is 115 Å². The van der Waals surface area contributed by atoms with Crippen molar-refractivity contribution in [3.05, 3.63) is 40.6 Å². The second-order valence-electron chi connectivity index (χ2n) is 5.28. The van der Waals surface area contributed by atoms with Crippen LogP contribution in [0.25, 0.3) is 10.9 Å². The molecule has 2 aromatic rings. The molecule has 6 heteroatoms. The van der Waals surface area contributed by atoms with Gasteiger partial charge in [0.2, 0.25) is 0 Å². The van der Waals surface area contributed by atoms with Crippen molar-refractivity contribution in [2.75, 3.05) is 18.5 Å². The Kier molecular flexibility index (Phi) is 3.02. The number of nitrogens with zero attached hydrogens (tertiary/aromatic N) is 2. The molecular weight excluding hydrogens is 258 g/mol. The summed E-state index contributed by atoms with van der Waals surface area (Å²) in [5.74, 6) is 0. The van der Waals surface area contributed by atoms with Crippen LogP contribution in [-0.2, 0) is 4.74 Å². The summed E-state index contributed by atoms with van der Waals surface area (Å²) in [6.45, 7) is 3.45. The van der Waals surface area contributed by atoms with Crippen LogP contribution in [0, 0.1) is 10.1 Å². The van der Waals surface area contributed by atoms with Crippen LogP contribution < -0.4 is 5.32 Å². The second kappa shape index (κ2) is 4.72. The minimum atomic E-state index is -0.403. The molecule has 1 fully saturated rings. The van der Waals surface area contributed by atoms with Gasteiger partial charge in [-0.05, 0) is 31.5 Å². The van der Waals surface area contributed by atoms with Gasteiger partial charge in [0, 0.05) is 29.9 Å². The molecular formula is C14H15N3O3. The maximum Gasteiger partial charge on any atom is 0.295 e. The number of non-ortho nitro benzene ring substituents is 1. The molecule has 0 amide bonds. The Morgan fingerprint density at radius 2 is 2.30 bits per heavy atom. The first kappa shape index (κ1) is 12.8. The zero-order valence-corrected chi connectivity index (χ0v) is 11.1. The average Bonchev–Trinajstić information content (AvgIpc) is 2.85. The third-order valence-electron chi connectivity index (χ3n) is 3.60. The Hall–Kier alpha value is -2.21. The van der Waals surface area contributed by atoms with E-state index in [1.54, 1.807) is 18.3 Å². The lowest BCUT2D eigenvalue weighted by Gasteiger charge is -2.25. The van der Waals surface area contributed by atoms with E-state index in [9.17, 15) is 10.1 Å². The van der Waals surface area contributed by atoms with Crippen molar-refractivity contribution in [3.63, 3.8) is 0 Å². The van der Waals surface area contributed by atoms with Crippen LogP contribution in [0.3, 0.4) is 0 Å². The Balaban J connectivity index is 2.08. The lowest BCUT2D eigenvalue weighted by atomic mass is 10.0. The third kappa shape index (κ3) is 2.18. The number of anilines is 1. The summed E-state index contributed by atoms with van der Waals surface area (Å²) in [6.07, 6.45) is 2.48. The molecule has 1 saturated heterocycles. The van der Waals surface area contributed by atoms with Crippen LogP contribution in [-0.4, -0.2) is 28.7 Å². The quantitative estimate of drug-likeness (QED) is 0.687. The number of nitro groups is 1. The van der Waals surface area contributed by atoms with Gasteiger partial charge in [0.05, 0.1) is 17.1 Å². The fourth-order valence-electron chi connectivity index (χ4n) is 2.50. The highest BCUT2D eigenvalue weighted by atomic mass is 16.6. The molecule has 2 heterocycles. The zero-order chi connectivity index (χ0) is 14.2. The second-order valence-corrected chi connectivity index (χ2v) is 5.28. The summed E-state index contributed by atoms with van der Waals surface area (Å²) in [5, 5.41) is 15.3. The summed E-state index contributed by atoms with van der Waals surface area (Å²) in [7, 11) is 0. The van der Waals surface area contributed by atoms with E-state index in [0.29, 0.717) is 12.1 Å². The van der Waals surface area contributed by atoms with E-state index in [1.165, 1.54) is 6.07 Å². The number of benzene rings is 1. The van der Waals surface area contributed by atoms with Gasteiger partial charge in [0.1, 0.15) is 5.52 Å². The average molecular weight is 273 g/mol. The number of fused-ring (bicyclic) bond motifs is 1. The minimum absolute atomic E-state index is 0.0268. The van der Waals surface area contributed by atoms with Gasteiger partial charge >= 0.3 is 0 Å². The van der Waals surface area contributed by atoms with Gasteiger partial charge in [-0.1, -0.05) is 0 Å². The van der Waals surface area contributed by atoms with Crippen molar-refractivity contribution in [1.29, 1.82) is 0 Å². The fraction of sp³-hybridized carbons (Fsp3) is 0.357. The third-order valence-corrected chi connectivity index (χ3v) is 3.60. The normalized spacial score (nSPS) is 22.1. The Morgan fingerprint density at radius 1 is 1.45 bits per heavy atom. The summed E-state index contributed by atoms with van der Waals surface area (Å²) in [5.41, 5.74) is 1.15. The van der Waals surface area contributed by atoms with Crippen LogP contribution in [0.4, 0.5) is 11.4 Å². The molecule has 1 aromatic heterocycles. The topological polar surface area (TPSA) is 77.3 Å². The molecule has 1 aliphatic rings. The number of nitro benzene ring substituents is 1. The molecule has 0 saturated carbocycles. The number of hydrogen-bond acceptors (Lipinski definition) is 5. The van der Waals surface area contributed by atoms with Gasteiger partial charge in [-0.15, -0.1) is 0 Å². The highest BCUT2D eigenvalue weighted by Gasteiger charge is 2.30. The molecule has 6 nitrogen and oxygen atoms in total. The number of aromatic nitrogens is 1. The van der Waals surface area contributed by atoms with Crippen LogP contribution in [0.5, 0.6) is 0 Å². The number of hydrogen-bond donors (Lipinski definition) is 1. The monoisotopic (exact) mass is 273 g/mol. The van der Waals surface area contributed by atoms with Crippen LogP contribution in [0.15, 0.2) is 30.5 Å². The Bertz CT molecular complexity index is 666. The van der Waals surface area contributed by atoms with Crippen molar-refractivity contribution in [1.82, 2.24) is 4.98 Å². The van der Waals surface area contributed by atoms with E-state index >= 15 is 0 Å². The fourth-order valence-corrected chi connectivity index (χ4v) is 2.50. The highest BCUT2D eigenvalue weighted by molar-refractivity contribution is 5.97. The standard InChI is InChI=1S/C14H15N3O3/c1-14(6-8-20-9-14)16-11-4-5-12(17(18)19)13-10(11)3-2-7-15-13/h2-5,7,16H,6,8-9H2,1H3. The van der Waals surface area contributed by atoms with Crippen LogP contribution in [0.2, 0.25) is 0 Å². The van der Waals surface area contributed by atoms with Crippen molar-refractivity contribution in [3.8, 4) is 0 Å². The largest absolute Gasteiger partial charge is 0.379 e. The summed E-state index contributed by atoms with van der Waals surface area (Å²) in [6, 6.07) is 6.87. The molecule has 0 spiro atoms. The number of nitrogens with one attached hydrogen (secondary N) is 1. The molecule has 1 aliphatic heterocycles. The maximum atomic E-state index is 11.1. The van der Waals surface area contributed by atoms with Gasteiger partial charge in [-0.25, -0.2) is 4.98 Å². The van der Waals surface area contributed by atoms with Crippen molar-refractivity contribution in [2.24, 2.45) is 0 Å². The summed E-state index contributed by atoms with van der Waals surface area (Å²) >= 11 is 0. The summed E-state index contributed by atoms with van der Waals surface area (Å²) in [4.78, 5) is 14.8. The lowest BCUT2D eigenvalue weighted by Crippen LogP contribution is -2.35. The number of ether oxygens (including phenoxy) is 1. The summed E-state index contributed by atoms with van der Waals surface area (Å²) < 4.78 is 5.42. The maximum absolute atomic E-state index is 11.1. The molecule has 1 unspecified atom stereocenters. The van der Waals surface area contributed by atoms with E-state index in [1.807, 2.05) is 6.07 Å². The Morgan fingerprint density at radius 3 is 3.00 bits per heavy atom. The molecule has 0 radical (unpaired) electrons. The molecule has 3 rings (SSSR count). The number of pyridine rings is 1. The zero-order valence-electron chi connectivity index (χ0n) is 11.1. The van der Waals surface area contributed by atoms with Crippen molar-refractivity contribution >= 4 is 22.3 Å². The molecule has 0 aliphatic carbocycles. The van der Waals surface area contributed by atoms with Gasteiger partial charge in [-0.2, -0.15) is 0 Å². The molecule has 1 N–H and O–H groups in total. The molecule has 104 valence electrons. The van der Waals surface area contributed by atoms with Gasteiger partial charge in [0.25, 0.3) is 5.69 Å². The van der Waals surface area contributed by atoms with Crippen molar-refractivity contribution < 1.29 is 9.66 Å². The molecule has 20 heavy (non-hydrogen) atoms. The van der Waals surface area contributed by atoms with E-state index < -0.39 is 4.92 Å². The van der Waals surface area contributed by atoms with Crippen LogP contribution in [0.1, 0.15) is 13.3 Å². The van der Waals surface area contributed by atoms with Gasteiger partial charge in [0.15, 0.2) is 0 Å². The molecule has 0 bridgehead atoms. The molecule has 1 atom stereocenters. The molecule has 1 aromatic carbocycles. The van der Waals surface area contributed by atoms with Crippen LogP contribution >= 0.6 is 0 Å². The minimum Gasteiger partial charge on any atom is -0.379 e. The lowest BCUT2D eigenvalue weighted by molar-refractivity contribution is -0.383. The first-order chi connectivity index (χ1) is 9.59. The smallest absolute Gasteiger partial charge is 0.295 e. The van der Waals surface area contributed by atoms with E-state index in [-0.39, 0.29) is 11.2 Å². The first-order valence-corrected chi connectivity index (χ1v) is 6.47. The van der Waals surface area contributed by atoms with Gasteiger partial charge in [-0.3, -0.25) is 10.1 Å². The van der Waals surface area contributed by atoms with E-state index in [0.717, 1.165) is 24.1 Å². The predicted octanol–water partition coefficient (Wildman–Crippen LogP) is 2.73. The predicted molar refractivity (Wildman–Crippen MR) is 75.9 cm³/mol. The van der Waals surface area contributed by atoms with E-state index in [4.69, 9.17) is 4.74 Å². The SMILES string of the molecule is CC1(Nc2ccc([N+](=O)[O-])c3ncccc23)CCOC1. The van der Waals surface area contributed by atoms with Gasteiger partial charge < -0.3 is 10.1 Å². The number of rotatable bonds is 3. The van der Waals surface area contributed by atoms with Crippen molar-refractivity contribution in [2.45, 2.75) is 18.9 Å². The highest BCUT2D eigenvalue weighted by Crippen LogP contribution is 2.33. The van der Waals surface area contributed by atoms with E-state index in [2.05, 4.69) is 17.2 Å². The first-order valence-electron chi connectivity index (χ1n) is 6.47.